The number of anilines is 1. The van der Waals surface area contributed by atoms with Crippen molar-refractivity contribution in [2.24, 2.45) is 9.98 Å². The minimum Gasteiger partial charge on any atom is -0.507 e. The summed E-state index contributed by atoms with van der Waals surface area (Å²) in [6, 6.07) is 8.21. The minimum atomic E-state index is -0.550. The molecule has 0 saturated carbocycles. The van der Waals surface area contributed by atoms with Crippen LogP contribution in [0, 0.1) is 0 Å². The number of ketones is 1. The molecule has 0 aliphatic heterocycles. The van der Waals surface area contributed by atoms with Gasteiger partial charge in [-0.15, -0.1) is 0 Å². The van der Waals surface area contributed by atoms with Crippen molar-refractivity contribution < 1.29 is 20.1 Å². The van der Waals surface area contributed by atoms with E-state index >= 15 is 0 Å². The lowest BCUT2D eigenvalue weighted by Crippen LogP contribution is -2.02. The Bertz CT molecular complexity index is 844. The number of benzene rings is 2. The molecule has 2 aromatic rings. The van der Waals surface area contributed by atoms with Gasteiger partial charge in [-0.1, -0.05) is 12.1 Å². The van der Waals surface area contributed by atoms with E-state index in [0.717, 1.165) is 0 Å². The van der Waals surface area contributed by atoms with E-state index in [1.165, 1.54) is 19.2 Å². The second-order valence-electron chi connectivity index (χ2n) is 5.31. The summed E-state index contributed by atoms with van der Waals surface area (Å²) in [6.07, 6.45) is 2.90. The van der Waals surface area contributed by atoms with Gasteiger partial charge in [0.1, 0.15) is 5.75 Å². The van der Waals surface area contributed by atoms with Crippen molar-refractivity contribution in [1.82, 2.24) is 0 Å². The fourth-order valence-electron chi connectivity index (χ4n) is 2.21. The number of hydrogen-bond acceptors (Lipinski definition) is 7. The molecule has 0 saturated heterocycles. The molecule has 0 heterocycles. The van der Waals surface area contributed by atoms with Crippen LogP contribution < -0.4 is 5.73 Å². The third-order valence-corrected chi connectivity index (χ3v) is 3.44. The monoisotopic (exact) mass is 341 g/mol. The summed E-state index contributed by atoms with van der Waals surface area (Å²) in [5.41, 5.74) is 6.51. The van der Waals surface area contributed by atoms with Crippen molar-refractivity contribution in [3.05, 3.63) is 47.0 Å². The molecule has 0 fully saturated rings. The van der Waals surface area contributed by atoms with E-state index in [0.29, 0.717) is 18.7 Å². The predicted molar refractivity (Wildman–Crippen MR) is 97.2 cm³/mol. The molecule has 0 unspecified atom stereocenters. The highest BCUT2D eigenvalue weighted by Gasteiger charge is 2.17. The summed E-state index contributed by atoms with van der Waals surface area (Å²) in [5.74, 6) is -1.28. The summed E-state index contributed by atoms with van der Waals surface area (Å²) in [4.78, 5) is 19.7. The van der Waals surface area contributed by atoms with Crippen LogP contribution in [0.1, 0.15) is 28.4 Å². The van der Waals surface area contributed by atoms with Gasteiger partial charge in [0.2, 0.25) is 0 Å². The molecule has 0 radical (unpaired) electrons. The lowest BCUT2D eigenvalue weighted by molar-refractivity contribution is 0.101. The zero-order valence-corrected chi connectivity index (χ0v) is 13.7. The summed E-state index contributed by atoms with van der Waals surface area (Å²) in [6.45, 7) is 1.96. The molecule has 7 nitrogen and oxygen atoms in total. The number of phenols is 3. The van der Waals surface area contributed by atoms with E-state index in [1.807, 2.05) is 0 Å². The number of aromatic hydroxyl groups is 3. The molecule has 0 bridgehead atoms. The Labute approximate surface area is 144 Å². The number of carbonyl (C=O) groups is 1. The molecular weight excluding hydrogens is 322 g/mol. The molecule has 130 valence electrons. The quantitative estimate of drug-likeness (QED) is 0.160. The highest BCUT2D eigenvalue weighted by Crippen LogP contribution is 2.36. The van der Waals surface area contributed by atoms with Crippen molar-refractivity contribution in [3.63, 3.8) is 0 Å². The number of nitrogens with two attached hydrogens (primary N) is 1. The number of para-hydroxylation sites is 1. The topological polar surface area (TPSA) is 128 Å². The van der Waals surface area contributed by atoms with Crippen molar-refractivity contribution in [2.45, 2.75) is 6.92 Å². The maximum atomic E-state index is 11.4. The van der Waals surface area contributed by atoms with Gasteiger partial charge in [0.15, 0.2) is 17.3 Å². The van der Waals surface area contributed by atoms with Crippen LogP contribution >= 0.6 is 0 Å². The van der Waals surface area contributed by atoms with E-state index < -0.39 is 17.3 Å². The number of nitrogens with zero attached hydrogens (tertiary/aromatic N) is 2. The molecule has 0 aromatic heterocycles. The molecule has 2 rings (SSSR count). The molecule has 2 aromatic carbocycles. The largest absolute Gasteiger partial charge is 0.507 e. The maximum absolute atomic E-state index is 11.4. The Hall–Kier alpha value is -3.35. The number of phenolic OH excluding ortho intramolecular Hbond substituents is 3. The van der Waals surface area contributed by atoms with Crippen LogP contribution in [-0.2, 0) is 0 Å². The number of Topliss-reactive ketones (excluding diaryl/α,β-unsaturated/α-hetero) is 1. The summed E-state index contributed by atoms with van der Waals surface area (Å²) < 4.78 is 0. The molecule has 25 heavy (non-hydrogen) atoms. The lowest BCUT2D eigenvalue weighted by Gasteiger charge is -2.09. The third-order valence-electron chi connectivity index (χ3n) is 3.44. The third kappa shape index (κ3) is 4.35. The van der Waals surface area contributed by atoms with E-state index in [2.05, 4.69) is 9.98 Å². The van der Waals surface area contributed by atoms with Gasteiger partial charge >= 0.3 is 0 Å². The Morgan fingerprint density at radius 3 is 2.24 bits per heavy atom. The van der Waals surface area contributed by atoms with E-state index in [4.69, 9.17) is 5.73 Å². The van der Waals surface area contributed by atoms with Crippen LogP contribution in [-0.4, -0.2) is 46.6 Å². The second kappa shape index (κ2) is 7.96. The number of rotatable bonds is 6. The van der Waals surface area contributed by atoms with Gasteiger partial charge in [-0.05, 0) is 25.1 Å². The lowest BCUT2D eigenvalue weighted by atomic mass is 10.0. The van der Waals surface area contributed by atoms with Crippen LogP contribution in [0.4, 0.5) is 5.69 Å². The summed E-state index contributed by atoms with van der Waals surface area (Å²) in [5, 5.41) is 29.4. The number of carbonyl (C=O) groups excluding carboxylic acids is 1. The Morgan fingerprint density at radius 1 is 1.04 bits per heavy atom. The molecule has 0 atom stereocenters. The van der Waals surface area contributed by atoms with E-state index in [1.54, 1.807) is 30.5 Å². The molecule has 0 amide bonds. The van der Waals surface area contributed by atoms with Crippen molar-refractivity contribution in [3.8, 4) is 17.2 Å². The first-order valence-electron chi connectivity index (χ1n) is 7.54. The molecule has 5 N–H and O–H groups in total. The normalized spacial score (nSPS) is 11.4. The zero-order valence-electron chi connectivity index (χ0n) is 13.7. The van der Waals surface area contributed by atoms with Crippen molar-refractivity contribution in [2.75, 3.05) is 18.8 Å². The van der Waals surface area contributed by atoms with Crippen LogP contribution in [0.15, 0.2) is 40.3 Å². The number of aliphatic imine (C=N–C) groups is 2. The standard InChI is InChI=1S/C18H19N3O4/c1-11(22)16-14(19)8-13(17(24)18(16)25)10-21-7-6-20-9-12-4-2-3-5-15(12)23/h2-5,8-10,23-25H,6-7,19H2,1H3. The highest BCUT2D eigenvalue weighted by atomic mass is 16.3. The maximum Gasteiger partial charge on any atom is 0.171 e. The molecule has 0 aliphatic rings. The average Bonchev–Trinajstić information content (AvgIpc) is 2.56. The first kappa shape index (κ1) is 18.0. The van der Waals surface area contributed by atoms with Crippen LogP contribution in [0.25, 0.3) is 0 Å². The predicted octanol–water partition coefficient (Wildman–Crippen LogP) is 2.13. The molecule has 0 spiro atoms. The fourth-order valence-corrected chi connectivity index (χ4v) is 2.21. The van der Waals surface area contributed by atoms with Crippen molar-refractivity contribution >= 4 is 23.9 Å². The van der Waals surface area contributed by atoms with Crippen LogP contribution in [0.5, 0.6) is 17.2 Å². The van der Waals surface area contributed by atoms with Gasteiger partial charge in [-0.3, -0.25) is 14.8 Å². The van der Waals surface area contributed by atoms with Crippen LogP contribution in [0.2, 0.25) is 0 Å². The first-order valence-corrected chi connectivity index (χ1v) is 7.54. The summed E-state index contributed by atoms with van der Waals surface area (Å²) in [7, 11) is 0. The Balaban J connectivity index is 2.01. The Kier molecular flexibility index (Phi) is 5.73. The number of nitrogen functional groups attached to an aromatic ring is 1. The smallest absolute Gasteiger partial charge is 0.171 e. The second-order valence-corrected chi connectivity index (χ2v) is 5.31. The average molecular weight is 341 g/mol. The van der Waals surface area contributed by atoms with E-state index in [-0.39, 0.29) is 22.6 Å². The first-order chi connectivity index (χ1) is 11.9. The zero-order chi connectivity index (χ0) is 18.4. The van der Waals surface area contributed by atoms with Gasteiger partial charge in [0.25, 0.3) is 0 Å². The molecular formula is C18H19N3O4. The van der Waals surface area contributed by atoms with E-state index in [9.17, 15) is 20.1 Å². The van der Waals surface area contributed by atoms with Gasteiger partial charge in [0, 0.05) is 29.2 Å². The Morgan fingerprint density at radius 2 is 1.64 bits per heavy atom. The molecule has 7 heteroatoms. The van der Waals surface area contributed by atoms with Gasteiger partial charge in [0.05, 0.1) is 18.7 Å². The SMILES string of the molecule is CC(=O)c1c(N)cc(C=NCCN=Cc2ccccc2O)c(O)c1O. The van der Waals surface area contributed by atoms with Gasteiger partial charge in [-0.2, -0.15) is 0 Å². The van der Waals surface area contributed by atoms with Gasteiger partial charge in [-0.25, -0.2) is 0 Å². The highest BCUT2D eigenvalue weighted by molar-refractivity contribution is 6.04. The van der Waals surface area contributed by atoms with Crippen molar-refractivity contribution in [1.29, 1.82) is 0 Å². The summed E-state index contributed by atoms with van der Waals surface area (Å²) >= 11 is 0. The fraction of sp³-hybridized carbons (Fsp3) is 0.167. The minimum absolute atomic E-state index is 0.0711. The number of hydrogen-bond donors (Lipinski definition) is 4. The molecule has 0 aliphatic carbocycles. The van der Waals surface area contributed by atoms with Crippen LogP contribution in [0.3, 0.4) is 0 Å². The van der Waals surface area contributed by atoms with Gasteiger partial charge < -0.3 is 21.1 Å².